The van der Waals surface area contributed by atoms with E-state index < -0.39 is 0 Å². The Labute approximate surface area is 117 Å². The van der Waals surface area contributed by atoms with Crippen molar-refractivity contribution in [2.45, 2.75) is 0 Å². The van der Waals surface area contributed by atoms with Crippen molar-refractivity contribution in [3.8, 4) is 17.6 Å². The average Bonchev–Trinajstić information content (AvgIpc) is 2.53. The lowest BCUT2D eigenvalue weighted by Crippen LogP contribution is -2.02. The van der Waals surface area contributed by atoms with Gasteiger partial charge in [-0.15, -0.1) is 0 Å². The maximum Gasteiger partial charge on any atom is 0.193 e. The summed E-state index contributed by atoms with van der Waals surface area (Å²) in [4.78, 5) is 12.3. The fourth-order valence-corrected chi connectivity index (χ4v) is 1.84. The van der Waals surface area contributed by atoms with Crippen LogP contribution in [0.1, 0.15) is 21.5 Å². The molecule has 0 radical (unpaired) electrons. The maximum atomic E-state index is 12.3. The second kappa shape index (κ2) is 5.89. The number of nitrogens with zero attached hydrogens (tertiary/aromatic N) is 1. The Hall–Kier alpha value is -2.80. The topological polar surface area (TPSA) is 59.3 Å². The average molecular weight is 267 g/mol. The van der Waals surface area contributed by atoms with Gasteiger partial charge in [-0.25, -0.2) is 0 Å². The largest absolute Gasteiger partial charge is 0.493 e. The summed E-state index contributed by atoms with van der Waals surface area (Å²) in [5.74, 6) is 0.950. The number of methoxy groups -OCH3 is 2. The van der Waals surface area contributed by atoms with E-state index in [-0.39, 0.29) is 5.78 Å². The van der Waals surface area contributed by atoms with Crippen molar-refractivity contribution in [2.24, 2.45) is 0 Å². The molecule has 0 atom stereocenters. The molecule has 0 unspecified atom stereocenters. The molecule has 100 valence electrons. The van der Waals surface area contributed by atoms with Crippen LogP contribution in [-0.2, 0) is 0 Å². The van der Waals surface area contributed by atoms with Crippen LogP contribution in [0.2, 0.25) is 0 Å². The van der Waals surface area contributed by atoms with Crippen LogP contribution in [0.4, 0.5) is 0 Å². The highest BCUT2D eigenvalue weighted by atomic mass is 16.5. The molecule has 2 aromatic carbocycles. The number of ether oxygens (including phenoxy) is 2. The van der Waals surface area contributed by atoms with E-state index in [2.05, 4.69) is 0 Å². The van der Waals surface area contributed by atoms with Gasteiger partial charge in [0, 0.05) is 11.1 Å². The van der Waals surface area contributed by atoms with Gasteiger partial charge < -0.3 is 9.47 Å². The van der Waals surface area contributed by atoms with Crippen LogP contribution < -0.4 is 9.47 Å². The number of ketones is 1. The molecule has 0 amide bonds. The number of rotatable bonds is 4. The number of hydrogen-bond acceptors (Lipinski definition) is 4. The van der Waals surface area contributed by atoms with Crippen LogP contribution in [0.25, 0.3) is 0 Å². The zero-order valence-electron chi connectivity index (χ0n) is 11.2. The van der Waals surface area contributed by atoms with Gasteiger partial charge in [-0.2, -0.15) is 5.26 Å². The van der Waals surface area contributed by atoms with E-state index in [4.69, 9.17) is 14.7 Å². The first-order chi connectivity index (χ1) is 9.69. The van der Waals surface area contributed by atoms with Crippen molar-refractivity contribution < 1.29 is 14.3 Å². The molecule has 0 fully saturated rings. The van der Waals surface area contributed by atoms with Crippen LogP contribution >= 0.6 is 0 Å². The molecule has 0 saturated carbocycles. The first-order valence-electron chi connectivity index (χ1n) is 5.96. The van der Waals surface area contributed by atoms with Crippen molar-refractivity contribution in [3.05, 3.63) is 59.2 Å². The second-order valence-corrected chi connectivity index (χ2v) is 4.09. The van der Waals surface area contributed by atoms with Crippen molar-refractivity contribution in [3.63, 3.8) is 0 Å². The highest BCUT2D eigenvalue weighted by molar-refractivity contribution is 6.09. The Bertz CT molecular complexity index is 669. The quantitative estimate of drug-likeness (QED) is 0.799. The molecule has 2 rings (SSSR count). The van der Waals surface area contributed by atoms with Gasteiger partial charge in [0.25, 0.3) is 0 Å². The number of benzene rings is 2. The van der Waals surface area contributed by atoms with E-state index in [9.17, 15) is 4.79 Å². The summed E-state index contributed by atoms with van der Waals surface area (Å²) in [7, 11) is 3.06. The SMILES string of the molecule is COc1ccc(C(=O)c2ccc(C#N)cc2)cc1OC. The molecular formula is C16H13NO3. The Kier molecular flexibility index (Phi) is 4.02. The monoisotopic (exact) mass is 267 g/mol. The molecule has 4 nitrogen and oxygen atoms in total. The predicted octanol–water partition coefficient (Wildman–Crippen LogP) is 2.81. The summed E-state index contributed by atoms with van der Waals surface area (Å²) < 4.78 is 10.3. The molecule has 0 aliphatic heterocycles. The predicted molar refractivity (Wildman–Crippen MR) is 74.1 cm³/mol. The van der Waals surface area contributed by atoms with Crippen molar-refractivity contribution in [1.82, 2.24) is 0 Å². The maximum absolute atomic E-state index is 12.3. The molecular weight excluding hydrogens is 254 g/mol. The molecule has 2 aromatic rings. The molecule has 0 aliphatic rings. The van der Waals surface area contributed by atoms with E-state index in [0.29, 0.717) is 28.2 Å². The standard InChI is InChI=1S/C16H13NO3/c1-19-14-8-7-13(9-15(14)20-2)16(18)12-5-3-11(10-17)4-6-12/h3-9H,1-2H3. The summed E-state index contributed by atoms with van der Waals surface area (Å²) in [6.07, 6.45) is 0. The smallest absolute Gasteiger partial charge is 0.193 e. The first kappa shape index (κ1) is 13.6. The minimum Gasteiger partial charge on any atom is -0.493 e. The first-order valence-corrected chi connectivity index (χ1v) is 5.96. The summed E-state index contributed by atoms with van der Waals surface area (Å²) in [5, 5.41) is 8.74. The van der Waals surface area contributed by atoms with E-state index in [1.165, 1.54) is 7.11 Å². The van der Waals surface area contributed by atoms with Gasteiger partial charge in [-0.1, -0.05) is 0 Å². The van der Waals surface area contributed by atoms with Gasteiger partial charge in [0.1, 0.15) is 0 Å². The molecule has 0 aliphatic carbocycles. The highest BCUT2D eigenvalue weighted by Crippen LogP contribution is 2.28. The normalized spacial score (nSPS) is 9.65. The lowest BCUT2D eigenvalue weighted by Gasteiger charge is -2.09. The summed E-state index contributed by atoms with van der Waals surface area (Å²) >= 11 is 0. The van der Waals surface area contributed by atoms with Crippen molar-refractivity contribution in [1.29, 1.82) is 5.26 Å². The number of carbonyl (C=O) groups excluding carboxylic acids is 1. The van der Waals surface area contributed by atoms with Gasteiger partial charge in [-0.05, 0) is 42.5 Å². The Morgan fingerprint density at radius 2 is 1.55 bits per heavy atom. The lowest BCUT2D eigenvalue weighted by molar-refractivity contribution is 0.103. The molecule has 0 aromatic heterocycles. The zero-order valence-corrected chi connectivity index (χ0v) is 11.2. The van der Waals surface area contributed by atoms with Crippen LogP contribution in [0, 0.1) is 11.3 Å². The highest BCUT2D eigenvalue weighted by Gasteiger charge is 2.12. The van der Waals surface area contributed by atoms with Crippen molar-refractivity contribution in [2.75, 3.05) is 14.2 Å². The van der Waals surface area contributed by atoms with Crippen LogP contribution in [0.5, 0.6) is 11.5 Å². The van der Waals surface area contributed by atoms with Crippen LogP contribution in [0.3, 0.4) is 0 Å². The number of nitriles is 1. The van der Waals surface area contributed by atoms with Gasteiger partial charge >= 0.3 is 0 Å². The van der Waals surface area contributed by atoms with E-state index in [1.807, 2.05) is 6.07 Å². The molecule has 0 heterocycles. The zero-order chi connectivity index (χ0) is 14.5. The molecule has 0 saturated heterocycles. The number of carbonyl (C=O) groups is 1. The lowest BCUT2D eigenvalue weighted by atomic mass is 10.0. The third-order valence-electron chi connectivity index (χ3n) is 2.92. The molecule has 0 N–H and O–H groups in total. The van der Waals surface area contributed by atoms with Gasteiger partial charge in [0.15, 0.2) is 17.3 Å². The van der Waals surface area contributed by atoms with Crippen molar-refractivity contribution >= 4 is 5.78 Å². The van der Waals surface area contributed by atoms with Crippen LogP contribution in [-0.4, -0.2) is 20.0 Å². The molecule has 20 heavy (non-hydrogen) atoms. The van der Waals surface area contributed by atoms with Gasteiger partial charge in [-0.3, -0.25) is 4.79 Å². The third kappa shape index (κ3) is 2.62. The van der Waals surface area contributed by atoms with Gasteiger partial charge in [0.2, 0.25) is 0 Å². The summed E-state index contributed by atoms with van der Waals surface area (Å²) in [5.41, 5.74) is 1.55. The Morgan fingerprint density at radius 1 is 0.950 bits per heavy atom. The number of hydrogen-bond donors (Lipinski definition) is 0. The third-order valence-corrected chi connectivity index (χ3v) is 2.92. The van der Waals surface area contributed by atoms with E-state index in [1.54, 1.807) is 49.6 Å². The molecule has 0 bridgehead atoms. The second-order valence-electron chi connectivity index (χ2n) is 4.09. The Morgan fingerprint density at radius 3 is 2.10 bits per heavy atom. The van der Waals surface area contributed by atoms with E-state index in [0.717, 1.165) is 0 Å². The molecule has 0 spiro atoms. The molecule has 4 heteroatoms. The summed E-state index contributed by atoms with van der Waals surface area (Å²) in [6, 6.07) is 13.5. The fourth-order valence-electron chi connectivity index (χ4n) is 1.84. The van der Waals surface area contributed by atoms with Crippen LogP contribution in [0.15, 0.2) is 42.5 Å². The summed E-state index contributed by atoms with van der Waals surface area (Å²) in [6.45, 7) is 0. The Balaban J connectivity index is 2.35. The fraction of sp³-hybridized carbons (Fsp3) is 0.125. The minimum atomic E-state index is -0.129. The minimum absolute atomic E-state index is 0.129. The van der Waals surface area contributed by atoms with Gasteiger partial charge in [0.05, 0.1) is 25.9 Å². The van der Waals surface area contributed by atoms with E-state index >= 15 is 0 Å².